The van der Waals surface area contributed by atoms with Gasteiger partial charge in [-0.2, -0.15) is 18.2 Å². The number of hydrogen-bond donors (Lipinski definition) is 4. The molecule has 0 spiro atoms. The molecule has 1 saturated carbocycles. The summed E-state index contributed by atoms with van der Waals surface area (Å²) in [5.74, 6) is -2.48. The Morgan fingerprint density at radius 2 is 1.78 bits per heavy atom. The first-order valence-electron chi connectivity index (χ1n) is 13.5. The highest BCUT2D eigenvalue weighted by atomic mass is 19.4. The Morgan fingerprint density at radius 1 is 1.10 bits per heavy atom. The molecule has 14 heteroatoms. The molecule has 222 valence electrons. The van der Waals surface area contributed by atoms with Crippen molar-refractivity contribution in [1.82, 2.24) is 25.1 Å². The molecule has 4 rings (SSSR count). The lowest BCUT2D eigenvalue weighted by molar-refractivity contribution is -0.137. The van der Waals surface area contributed by atoms with Gasteiger partial charge in [0.15, 0.2) is 0 Å². The van der Waals surface area contributed by atoms with Crippen molar-refractivity contribution in [2.75, 3.05) is 44.4 Å². The van der Waals surface area contributed by atoms with Gasteiger partial charge in [0.05, 0.1) is 12.5 Å². The van der Waals surface area contributed by atoms with Gasteiger partial charge in [-0.25, -0.2) is 4.98 Å². The number of likely N-dealkylation sites (tertiary alicyclic amines) is 1. The molecule has 2 heterocycles. The Labute approximate surface area is 236 Å². The van der Waals surface area contributed by atoms with Crippen LogP contribution in [0.4, 0.5) is 30.6 Å². The molecule has 0 radical (unpaired) electrons. The van der Waals surface area contributed by atoms with Gasteiger partial charge in [-0.15, -0.1) is 0 Å². The van der Waals surface area contributed by atoms with Gasteiger partial charge >= 0.3 is 6.18 Å². The zero-order valence-corrected chi connectivity index (χ0v) is 23.0. The lowest BCUT2D eigenvalue weighted by Crippen LogP contribution is -2.44. The summed E-state index contributed by atoms with van der Waals surface area (Å²) in [5, 5.41) is 8.10. The number of benzene rings is 1. The molecular formula is C27H35F3N8O3. The van der Waals surface area contributed by atoms with Crippen molar-refractivity contribution < 1.29 is 27.6 Å². The predicted octanol–water partition coefficient (Wildman–Crippen LogP) is 2.59. The van der Waals surface area contributed by atoms with Crippen LogP contribution in [0.5, 0.6) is 0 Å². The van der Waals surface area contributed by atoms with Gasteiger partial charge in [-0.05, 0) is 70.1 Å². The van der Waals surface area contributed by atoms with Gasteiger partial charge in [-0.3, -0.25) is 14.4 Å². The van der Waals surface area contributed by atoms with Crippen LogP contribution in [0.3, 0.4) is 0 Å². The SMILES string of the molecule is CN1CCC(N(C)C(=O)c2ccc(Nc3ncc(C(F)(F)F)c(N[C@@H]4CCC[C@@H]4C(=O)NCC(N)=O)n3)cc2)CC1. The maximum atomic E-state index is 13.8. The van der Waals surface area contributed by atoms with Gasteiger partial charge in [0, 0.05) is 36.6 Å². The van der Waals surface area contributed by atoms with Gasteiger partial charge < -0.3 is 31.5 Å². The number of nitrogens with one attached hydrogen (secondary N) is 3. The van der Waals surface area contributed by atoms with E-state index in [1.807, 2.05) is 0 Å². The molecule has 2 aliphatic rings. The van der Waals surface area contributed by atoms with Gasteiger partial charge in [-0.1, -0.05) is 6.42 Å². The highest BCUT2D eigenvalue weighted by molar-refractivity contribution is 5.94. The number of carbonyl (C=O) groups excluding carboxylic acids is 3. The number of rotatable bonds is 9. The summed E-state index contributed by atoms with van der Waals surface area (Å²) < 4.78 is 41.3. The molecule has 41 heavy (non-hydrogen) atoms. The van der Waals surface area contributed by atoms with E-state index >= 15 is 0 Å². The van der Waals surface area contributed by atoms with E-state index in [0.29, 0.717) is 36.7 Å². The smallest absolute Gasteiger partial charge is 0.368 e. The molecule has 2 fully saturated rings. The summed E-state index contributed by atoms with van der Waals surface area (Å²) >= 11 is 0. The van der Waals surface area contributed by atoms with E-state index in [4.69, 9.17) is 5.73 Å². The van der Waals surface area contributed by atoms with Crippen molar-refractivity contribution in [3.05, 3.63) is 41.6 Å². The molecule has 1 aliphatic heterocycles. The lowest BCUT2D eigenvalue weighted by atomic mass is 10.0. The number of amides is 3. The third-order valence-electron chi connectivity index (χ3n) is 7.65. The van der Waals surface area contributed by atoms with E-state index in [1.54, 1.807) is 36.2 Å². The zero-order chi connectivity index (χ0) is 29.7. The Hall–Kier alpha value is -3.94. The number of nitrogens with zero attached hydrogens (tertiary/aromatic N) is 4. The molecule has 1 saturated heterocycles. The number of primary amides is 1. The van der Waals surface area contributed by atoms with Crippen LogP contribution < -0.4 is 21.7 Å². The van der Waals surface area contributed by atoms with Crippen LogP contribution in [-0.2, 0) is 15.8 Å². The topological polar surface area (TPSA) is 146 Å². The number of carbonyl (C=O) groups is 3. The minimum atomic E-state index is -4.73. The van der Waals surface area contributed by atoms with Crippen molar-refractivity contribution in [3.8, 4) is 0 Å². The molecule has 5 N–H and O–H groups in total. The fraction of sp³-hybridized carbons (Fsp3) is 0.519. The molecule has 0 unspecified atom stereocenters. The maximum absolute atomic E-state index is 13.8. The van der Waals surface area contributed by atoms with E-state index in [0.717, 1.165) is 25.9 Å². The van der Waals surface area contributed by atoms with Crippen molar-refractivity contribution in [2.24, 2.45) is 11.7 Å². The standard InChI is InChI=1S/C27H35F3N8O3/c1-37-12-10-18(11-13-37)38(2)25(41)16-6-8-17(9-7-16)34-26-33-14-20(27(28,29)30)23(36-26)35-21-5-3-4-19(21)24(40)32-15-22(31)39/h6-9,14,18-19,21H,3-5,10-13,15H2,1-2H3,(H2,31,39)(H,32,40)(H2,33,34,35,36)/t19-,21+/m0/s1. The number of nitrogens with two attached hydrogens (primary N) is 1. The second-order valence-electron chi connectivity index (χ2n) is 10.6. The van der Waals surface area contributed by atoms with Crippen molar-refractivity contribution in [2.45, 2.75) is 50.4 Å². The highest BCUT2D eigenvalue weighted by Gasteiger charge is 2.39. The molecule has 3 amide bonds. The third kappa shape index (κ3) is 7.63. The molecule has 11 nitrogen and oxygen atoms in total. The van der Waals surface area contributed by atoms with E-state index in [9.17, 15) is 27.6 Å². The maximum Gasteiger partial charge on any atom is 0.421 e. The van der Waals surface area contributed by atoms with Crippen LogP contribution in [0.25, 0.3) is 0 Å². The monoisotopic (exact) mass is 576 g/mol. The Balaban J connectivity index is 1.46. The number of anilines is 3. The minimum Gasteiger partial charge on any atom is -0.368 e. The van der Waals surface area contributed by atoms with Crippen LogP contribution >= 0.6 is 0 Å². The highest BCUT2D eigenvalue weighted by Crippen LogP contribution is 2.36. The molecule has 0 bridgehead atoms. The summed E-state index contributed by atoms with van der Waals surface area (Å²) in [7, 11) is 3.85. The normalized spacial score (nSPS) is 19.9. The Kier molecular flexibility index (Phi) is 9.31. The van der Waals surface area contributed by atoms with Crippen molar-refractivity contribution >= 4 is 35.2 Å². The molecule has 2 atom stereocenters. The van der Waals surface area contributed by atoms with Crippen LogP contribution in [-0.4, -0.2) is 83.3 Å². The summed E-state index contributed by atoms with van der Waals surface area (Å²) in [4.78, 5) is 48.4. The van der Waals surface area contributed by atoms with Crippen LogP contribution in [0.1, 0.15) is 48.0 Å². The lowest BCUT2D eigenvalue weighted by Gasteiger charge is -2.35. The van der Waals surface area contributed by atoms with Crippen molar-refractivity contribution in [3.63, 3.8) is 0 Å². The number of alkyl halides is 3. The average molecular weight is 577 g/mol. The van der Waals surface area contributed by atoms with Crippen molar-refractivity contribution in [1.29, 1.82) is 0 Å². The first-order valence-corrected chi connectivity index (χ1v) is 13.5. The molecular weight excluding hydrogens is 541 g/mol. The fourth-order valence-electron chi connectivity index (χ4n) is 5.26. The van der Waals surface area contributed by atoms with Crippen LogP contribution in [0.2, 0.25) is 0 Å². The summed E-state index contributed by atoms with van der Waals surface area (Å²) in [6.07, 6.45) is -0.743. The van der Waals surface area contributed by atoms with E-state index < -0.39 is 41.3 Å². The quantitative estimate of drug-likeness (QED) is 0.357. The van der Waals surface area contributed by atoms with E-state index in [1.165, 1.54) is 0 Å². The second-order valence-corrected chi connectivity index (χ2v) is 10.6. The summed E-state index contributed by atoms with van der Waals surface area (Å²) in [5.41, 5.74) is 4.99. The number of piperidine rings is 1. The first kappa shape index (κ1) is 30.0. The van der Waals surface area contributed by atoms with Crippen LogP contribution in [0, 0.1) is 5.92 Å². The molecule has 2 aromatic rings. The van der Waals surface area contributed by atoms with E-state index in [-0.39, 0.29) is 24.4 Å². The number of aromatic nitrogens is 2. The predicted molar refractivity (Wildman–Crippen MR) is 146 cm³/mol. The molecule has 1 aromatic carbocycles. The van der Waals surface area contributed by atoms with Gasteiger partial charge in [0.1, 0.15) is 11.4 Å². The van der Waals surface area contributed by atoms with E-state index in [2.05, 4.69) is 37.9 Å². The largest absolute Gasteiger partial charge is 0.421 e. The Morgan fingerprint density at radius 3 is 2.41 bits per heavy atom. The summed E-state index contributed by atoms with van der Waals surface area (Å²) in [6.45, 7) is 1.51. The Bertz CT molecular complexity index is 1250. The third-order valence-corrected chi connectivity index (χ3v) is 7.65. The van der Waals surface area contributed by atoms with Gasteiger partial charge in [0.2, 0.25) is 17.8 Å². The fourth-order valence-corrected chi connectivity index (χ4v) is 5.26. The second kappa shape index (κ2) is 12.7. The number of halogens is 3. The first-order chi connectivity index (χ1) is 19.4. The minimum absolute atomic E-state index is 0.0873. The van der Waals surface area contributed by atoms with Crippen LogP contribution in [0.15, 0.2) is 30.5 Å². The summed E-state index contributed by atoms with van der Waals surface area (Å²) in [6, 6.07) is 6.11. The number of hydrogen-bond acceptors (Lipinski definition) is 8. The zero-order valence-electron chi connectivity index (χ0n) is 23.0. The molecule has 1 aliphatic carbocycles. The average Bonchev–Trinajstić information content (AvgIpc) is 3.39. The van der Waals surface area contributed by atoms with Gasteiger partial charge in [0.25, 0.3) is 5.91 Å². The molecule has 1 aromatic heterocycles.